The van der Waals surface area contributed by atoms with E-state index in [1.165, 1.54) is 64.2 Å². The van der Waals surface area contributed by atoms with E-state index in [1.807, 2.05) is 6.07 Å². The van der Waals surface area contributed by atoms with Crippen molar-refractivity contribution in [3.63, 3.8) is 0 Å². The summed E-state index contributed by atoms with van der Waals surface area (Å²) in [7, 11) is 0. The molecule has 2 fully saturated rings. The molecule has 2 rings (SSSR count). The second-order valence-corrected chi connectivity index (χ2v) is 7.14. The van der Waals surface area contributed by atoms with Crippen LogP contribution in [0, 0.1) is 23.2 Å². The highest BCUT2D eigenvalue weighted by Gasteiger charge is 2.13. The van der Waals surface area contributed by atoms with E-state index in [1.54, 1.807) is 0 Å². The van der Waals surface area contributed by atoms with Gasteiger partial charge in [0.25, 0.3) is 0 Å². The third-order valence-corrected chi connectivity index (χ3v) is 4.73. The zero-order chi connectivity index (χ0) is 16.5. The van der Waals surface area contributed by atoms with Crippen LogP contribution in [0.2, 0.25) is 0 Å². The first-order valence-electron chi connectivity index (χ1n) is 9.63. The van der Waals surface area contributed by atoms with Gasteiger partial charge in [0, 0.05) is 6.42 Å². The van der Waals surface area contributed by atoms with Gasteiger partial charge in [-0.1, -0.05) is 78.1 Å². The maximum Gasteiger partial charge on any atom is 0.0894 e. The van der Waals surface area contributed by atoms with Crippen molar-refractivity contribution in [2.45, 2.75) is 104 Å². The van der Waals surface area contributed by atoms with Crippen LogP contribution in [-0.4, -0.2) is 6.67 Å². The molecule has 22 heavy (non-hydrogen) atoms. The normalized spacial score (nSPS) is 24.1. The van der Waals surface area contributed by atoms with Gasteiger partial charge in [0.15, 0.2) is 0 Å². The van der Waals surface area contributed by atoms with E-state index in [4.69, 9.17) is 5.26 Å². The summed E-state index contributed by atoms with van der Waals surface area (Å²) in [5.74, 6) is 2.04. The Morgan fingerprint density at radius 2 is 1.18 bits per heavy atom. The molecule has 0 spiro atoms. The molecular formula is C20H38FN. The van der Waals surface area contributed by atoms with Crippen molar-refractivity contribution in [1.82, 2.24) is 0 Å². The number of halogens is 1. The second kappa shape index (κ2) is 16.8. The molecule has 0 aromatic rings. The van der Waals surface area contributed by atoms with E-state index in [-0.39, 0.29) is 6.67 Å². The lowest BCUT2D eigenvalue weighted by molar-refractivity contribution is 0.308. The molecule has 2 saturated carbocycles. The van der Waals surface area contributed by atoms with Crippen LogP contribution in [0.4, 0.5) is 4.39 Å². The van der Waals surface area contributed by atoms with Gasteiger partial charge in [0.05, 0.1) is 12.7 Å². The minimum absolute atomic E-state index is 0.245. The second-order valence-electron chi connectivity index (χ2n) is 7.14. The molecule has 130 valence electrons. The van der Waals surface area contributed by atoms with Crippen molar-refractivity contribution >= 4 is 0 Å². The van der Waals surface area contributed by atoms with Gasteiger partial charge in [0.1, 0.15) is 0 Å². The van der Waals surface area contributed by atoms with Crippen molar-refractivity contribution in [1.29, 1.82) is 5.26 Å². The van der Waals surface area contributed by atoms with Crippen LogP contribution in [-0.2, 0) is 0 Å². The molecular weight excluding hydrogens is 273 g/mol. The first-order chi connectivity index (χ1) is 10.7. The Labute approximate surface area is 138 Å². The summed E-state index contributed by atoms with van der Waals surface area (Å²) in [6.45, 7) is 4.49. The SMILES string of the molecule is C1CCCCC1.CC1CCC(C)CC1.N#CCCCCCF. The van der Waals surface area contributed by atoms with Crippen molar-refractivity contribution < 1.29 is 4.39 Å². The first kappa shape index (κ1) is 21.4. The number of rotatable bonds is 4. The number of hydrogen-bond acceptors (Lipinski definition) is 1. The van der Waals surface area contributed by atoms with Crippen LogP contribution >= 0.6 is 0 Å². The van der Waals surface area contributed by atoms with E-state index in [0.717, 1.165) is 24.7 Å². The monoisotopic (exact) mass is 311 g/mol. The highest BCUT2D eigenvalue weighted by atomic mass is 19.1. The van der Waals surface area contributed by atoms with Crippen LogP contribution in [0.5, 0.6) is 0 Å². The third-order valence-electron chi connectivity index (χ3n) is 4.73. The fourth-order valence-electron chi connectivity index (χ4n) is 2.96. The Kier molecular flexibility index (Phi) is 16.3. The van der Waals surface area contributed by atoms with Gasteiger partial charge in [-0.15, -0.1) is 0 Å². The zero-order valence-corrected chi connectivity index (χ0v) is 15.1. The van der Waals surface area contributed by atoms with Crippen LogP contribution in [0.15, 0.2) is 0 Å². The molecule has 2 aliphatic carbocycles. The maximum atomic E-state index is 11.3. The van der Waals surface area contributed by atoms with Gasteiger partial charge in [-0.25, -0.2) is 0 Å². The fraction of sp³-hybridized carbons (Fsp3) is 0.950. The fourth-order valence-corrected chi connectivity index (χ4v) is 2.96. The minimum atomic E-state index is -0.245. The lowest BCUT2D eigenvalue weighted by Gasteiger charge is -2.22. The summed E-state index contributed by atoms with van der Waals surface area (Å²) < 4.78 is 11.3. The third kappa shape index (κ3) is 15.8. The van der Waals surface area contributed by atoms with E-state index in [2.05, 4.69) is 13.8 Å². The summed E-state index contributed by atoms with van der Waals surface area (Å²) in [6, 6.07) is 2.00. The standard InChI is InChI=1S/C8H16.C6H10FN.C6H12/c1-7-3-5-8(2)6-4-7;7-5-3-1-2-4-6-8;1-2-4-6-5-3-1/h7-8H,3-6H2,1-2H3;1-5H2;1-6H2. The summed E-state index contributed by atoms with van der Waals surface area (Å²) in [4.78, 5) is 0. The van der Waals surface area contributed by atoms with Crippen molar-refractivity contribution in [2.75, 3.05) is 6.67 Å². The Morgan fingerprint density at radius 1 is 0.773 bits per heavy atom. The molecule has 0 bridgehead atoms. The van der Waals surface area contributed by atoms with E-state index in [9.17, 15) is 4.39 Å². The molecule has 0 aromatic carbocycles. The number of nitriles is 1. The largest absolute Gasteiger partial charge is 0.251 e. The Hall–Kier alpha value is -0.580. The molecule has 0 N–H and O–H groups in total. The Balaban J connectivity index is 0.000000304. The molecule has 0 saturated heterocycles. The molecule has 0 heterocycles. The van der Waals surface area contributed by atoms with E-state index in [0.29, 0.717) is 12.8 Å². The molecule has 2 heteroatoms. The number of hydrogen-bond donors (Lipinski definition) is 0. The van der Waals surface area contributed by atoms with Gasteiger partial charge in [-0.3, -0.25) is 4.39 Å². The van der Waals surface area contributed by atoms with E-state index >= 15 is 0 Å². The molecule has 0 unspecified atom stereocenters. The number of unbranched alkanes of at least 4 members (excludes halogenated alkanes) is 3. The average molecular weight is 312 g/mol. The van der Waals surface area contributed by atoms with Gasteiger partial charge >= 0.3 is 0 Å². The quantitative estimate of drug-likeness (QED) is 0.503. The zero-order valence-electron chi connectivity index (χ0n) is 15.1. The summed E-state index contributed by atoms with van der Waals surface area (Å²) in [6.07, 6.45) is 17.8. The Morgan fingerprint density at radius 3 is 1.50 bits per heavy atom. The molecule has 0 aromatic heterocycles. The Bertz CT molecular complexity index is 225. The van der Waals surface area contributed by atoms with Crippen molar-refractivity contribution in [3.8, 4) is 6.07 Å². The molecule has 0 amide bonds. The van der Waals surface area contributed by atoms with Crippen LogP contribution in [0.3, 0.4) is 0 Å². The van der Waals surface area contributed by atoms with Gasteiger partial charge in [0.2, 0.25) is 0 Å². The minimum Gasteiger partial charge on any atom is -0.251 e. The topological polar surface area (TPSA) is 23.8 Å². The highest BCUT2D eigenvalue weighted by Crippen LogP contribution is 2.27. The van der Waals surface area contributed by atoms with Crippen molar-refractivity contribution in [2.24, 2.45) is 11.8 Å². The maximum absolute atomic E-state index is 11.3. The molecule has 0 radical (unpaired) electrons. The average Bonchev–Trinajstić information content (AvgIpc) is 2.57. The lowest BCUT2D eigenvalue weighted by atomic mass is 9.84. The highest BCUT2D eigenvalue weighted by molar-refractivity contribution is 4.67. The molecule has 0 aliphatic heterocycles. The predicted molar refractivity (Wildman–Crippen MR) is 94.6 cm³/mol. The molecule has 1 nitrogen and oxygen atoms in total. The summed E-state index contributed by atoms with van der Waals surface area (Å²) in [5.41, 5.74) is 0. The smallest absolute Gasteiger partial charge is 0.0894 e. The molecule has 2 aliphatic rings. The molecule has 0 atom stereocenters. The number of nitrogens with zero attached hydrogens (tertiary/aromatic N) is 1. The van der Waals surface area contributed by atoms with Gasteiger partial charge in [-0.05, 0) is 31.1 Å². The van der Waals surface area contributed by atoms with Crippen LogP contribution in [0.25, 0.3) is 0 Å². The first-order valence-corrected chi connectivity index (χ1v) is 9.63. The predicted octanol–water partition coefficient (Wildman–Crippen LogP) is 7.21. The van der Waals surface area contributed by atoms with Gasteiger partial charge < -0.3 is 0 Å². The summed E-state index contributed by atoms with van der Waals surface area (Å²) in [5, 5.41) is 8.02. The van der Waals surface area contributed by atoms with Crippen LogP contribution < -0.4 is 0 Å². The van der Waals surface area contributed by atoms with E-state index < -0.39 is 0 Å². The number of alkyl halides is 1. The van der Waals surface area contributed by atoms with Crippen molar-refractivity contribution in [3.05, 3.63) is 0 Å². The van der Waals surface area contributed by atoms with Crippen LogP contribution in [0.1, 0.15) is 104 Å². The van der Waals surface area contributed by atoms with Gasteiger partial charge in [-0.2, -0.15) is 5.26 Å². The lowest BCUT2D eigenvalue weighted by Crippen LogP contribution is -2.08. The summed E-state index contributed by atoms with van der Waals surface area (Å²) >= 11 is 0.